The summed E-state index contributed by atoms with van der Waals surface area (Å²) < 4.78 is 41.0. The van der Waals surface area contributed by atoms with Gasteiger partial charge in [0.05, 0.1) is 26.3 Å². The van der Waals surface area contributed by atoms with Gasteiger partial charge in [0.2, 0.25) is 6.79 Å². The first kappa shape index (κ1) is 23.2. The first-order valence-electron chi connectivity index (χ1n) is 11.2. The van der Waals surface area contributed by atoms with Crippen LogP contribution in [0.1, 0.15) is 21.6 Å². The van der Waals surface area contributed by atoms with Crippen LogP contribution in [-0.4, -0.2) is 37.0 Å². The molecule has 2 heterocycles. The Balaban J connectivity index is 1.43. The van der Waals surface area contributed by atoms with Crippen molar-refractivity contribution in [2.24, 2.45) is 0 Å². The highest BCUT2D eigenvalue weighted by Crippen LogP contribution is 2.35. The zero-order valence-corrected chi connectivity index (χ0v) is 19.7. The number of hydrogen-bond acceptors (Lipinski definition) is 7. The molecule has 5 rings (SSSR count). The average Bonchev–Trinajstić information content (AvgIpc) is 3.56. The van der Waals surface area contributed by atoms with Crippen LogP contribution in [0.3, 0.4) is 0 Å². The van der Waals surface area contributed by atoms with Gasteiger partial charge in [0.25, 0.3) is 5.91 Å². The summed E-state index contributed by atoms with van der Waals surface area (Å²) >= 11 is 0. The third-order valence-electron chi connectivity index (χ3n) is 5.76. The number of ether oxygens (including phenoxy) is 4. The summed E-state index contributed by atoms with van der Waals surface area (Å²) in [7, 11) is 3.13. The molecule has 0 atom stereocenters. The van der Waals surface area contributed by atoms with Crippen molar-refractivity contribution >= 4 is 5.91 Å². The number of hydrogen-bond donors (Lipinski definition) is 0. The minimum absolute atomic E-state index is 0.131. The molecule has 1 aliphatic heterocycles. The van der Waals surface area contributed by atoms with E-state index in [4.69, 9.17) is 23.5 Å². The van der Waals surface area contributed by atoms with E-state index in [2.05, 4.69) is 5.16 Å². The van der Waals surface area contributed by atoms with E-state index in [-0.39, 0.29) is 31.4 Å². The van der Waals surface area contributed by atoms with E-state index in [0.29, 0.717) is 40.0 Å². The normalized spacial score (nSPS) is 11.9. The Labute approximate surface area is 206 Å². The number of nitrogens with zero attached hydrogens (tertiary/aromatic N) is 2. The van der Waals surface area contributed by atoms with Gasteiger partial charge in [-0.05, 0) is 48.0 Å². The number of rotatable bonds is 8. The zero-order valence-electron chi connectivity index (χ0n) is 19.7. The SMILES string of the molecule is COc1ccc(-c2cc(CN(Cc3ccc4c(c3)OCO4)C(=O)c3cccc(F)c3)no2)c(OC)c1. The largest absolute Gasteiger partial charge is 0.497 e. The van der Waals surface area contributed by atoms with Crippen molar-refractivity contribution in [1.29, 1.82) is 0 Å². The van der Waals surface area contributed by atoms with E-state index in [1.165, 1.54) is 18.2 Å². The maximum absolute atomic E-state index is 13.9. The monoisotopic (exact) mass is 490 g/mol. The molecule has 3 aromatic carbocycles. The molecule has 0 N–H and O–H groups in total. The lowest BCUT2D eigenvalue weighted by Gasteiger charge is -2.22. The molecule has 184 valence electrons. The van der Waals surface area contributed by atoms with Crippen molar-refractivity contribution in [2.75, 3.05) is 21.0 Å². The number of methoxy groups -OCH3 is 2. The molecule has 0 saturated carbocycles. The van der Waals surface area contributed by atoms with Crippen molar-refractivity contribution in [1.82, 2.24) is 10.1 Å². The second-order valence-corrected chi connectivity index (χ2v) is 8.11. The highest BCUT2D eigenvalue weighted by molar-refractivity contribution is 5.94. The molecule has 0 unspecified atom stereocenters. The molecule has 0 bridgehead atoms. The van der Waals surface area contributed by atoms with E-state index in [1.54, 1.807) is 49.5 Å². The maximum Gasteiger partial charge on any atom is 0.254 e. The van der Waals surface area contributed by atoms with Gasteiger partial charge in [-0.15, -0.1) is 0 Å². The first-order chi connectivity index (χ1) is 17.5. The Hall–Kier alpha value is -4.53. The molecular formula is C27H23FN2O6. The van der Waals surface area contributed by atoms with E-state index < -0.39 is 5.82 Å². The van der Waals surface area contributed by atoms with Gasteiger partial charge in [0.1, 0.15) is 23.0 Å². The number of fused-ring (bicyclic) bond motifs is 1. The fourth-order valence-corrected chi connectivity index (χ4v) is 3.97. The molecule has 0 saturated heterocycles. The van der Waals surface area contributed by atoms with Crippen molar-refractivity contribution < 1.29 is 32.7 Å². The highest BCUT2D eigenvalue weighted by Gasteiger charge is 2.22. The number of carbonyl (C=O) groups is 1. The molecular weight excluding hydrogens is 467 g/mol. The average molecular weight is 490 g/mol. The number of carbonyl (C=O) groups excluding carboxylic acids is 1. The van der Waals surface area contributed by atoms with Crippen LogP contribution < -0.4 is 18.9 Å². The third kappa shape index (κ3) is 4.81. The van der Waals surface area contributed by atoms with Crippen molar-refractivity contribution in [2.45, 2.75) is 13.1 Å². The van der Waals surface area contributed by atoms with Gasteiger partial charge in [-0.3, -0.25) is 4.79 Å². The van der Waals surface area contributed by atoms with E-state index in [1.807, 2.05) is 18.2 Å². The predicted octanol–water partition coefficient (Wildman–Crippen LogP) is 5.07. The number of benzene rings is 3. The van der Waals surface area contributed by atoms with Crippen molar-refractivity contribution in [3.63, 3.8) is 0 Å². The van der Waals surface area contributed by atoms with Crippen LogP contribution in [0.25, 0.3) is 11.3 Å². The van der Waals surface area contributed by atoms with Crippen LogP contribution in [-0.2, 0) is 13.1 Å². The lowest BCUT2D eigenvalue weighted by Crippen LogP contribution is -2.30. The third-order valence-corrected chi connectivity index (χ3v) is 5.76. The molecule has 1 aromatic heterocycles. The van der Waals surface area contributed by atoms with Crippen LogP contribution >= 0.6 is 0 Å². The first-order valence-corrected chi connectivity index (χ1v) is 11.2. The minimum atomic E-state index is -0.487. The van der Waals surface area contributed by atoms with E-state index in [0.717, 1.165) is 5.56 Å². The Bertz CT molecular complexity index is 1400. The lowest BCUT2D eigenvalue weighted by molar-refractivity contribution is 0.0725. The molecule has 0 aliphatic carbocycles. The van der Waals surface area contributed by atoms with Gasteiger partial charge in [-0.1, -0.05) is 17.3 Å². The number of aromatic nitrogens is 1. The highest BCUT2D eigenvalue weighted by atomic mass is 19.1. The summed E-state index contributed by atoms with van der Waals surface area (Å²) in [5.74, 6) is 2.11. The van der Waals surface area contributed by atoms with Gasteiger partial charge in [0, 0.05) is 24.2 Å². The summed E-state index contributed by atoms with van der Waals surface area (Å²) in [6.07, 6.45) is 0. The topological polar surface area (TPSA) is 83.3 Å². The van der Waals surface area contributed by atoms with Crippen LogP contribution in [0.15, 0.2) is 71.3 Å². The summed E-state index contributed by atoms with van der Waals surface area (Å²) in [5, 5.41) is 4.17. The predicted molar refractivity (Wildman–Crippen MR) is 128 cm³/mol. The van der Waals surface area contributed by atoms with E-state index in [9.17, 15) is 9.18 Å². The molecule has 1 amide bonds. The van der Waals surface area contributed by atoms with Gasteiger partial charge in [0.15, 0.2) is 17.3 Å². The number of halogens is 1. The van der Waals surface area contributed by atoms with Crippen LogP contribution in [0.4, 0.5) is 4.39 Å². The summed E-state index contributed by atoms with van der Waals surface area (Å²) in [6.45, 7) is 0.521. The summed E-state index contributed by atoms with van der Waals surface area (Å²) in [6, 6.07) is 18.2. The standard InChI is InChI=1S/C27H23FN2O6/c1-32-21-7-8-22(24(13-21)33-2)25-12-20(29-36-25)15-30(27(31)18-4-3-5-19(28)11-18)14-17-6-9-23-26(10-17)35-16-34-23/h3-13H,14-16H2,1-2H3. The Morgan fingerprint density at radius 3 is 2.64 bits per heavy atom. The van der Waals surface area contributed by atoms with Crippen molar-refractivity contribution in [3.05, 3.63) is 89.4 Å². The smallest absolute Gasteiger partial charge is 0.254 e. The van der Waals surface area contributed by atoms with Gasteiger partial charge in [-0.25, -0.2) is 4.39 Å². The fraction of sp³-hybridized carbons (Fsp3) is 0.185. The van der Waals surface area contributed by atoms with E-state index >= 15 is 0 Å². The van der Waals surface area contributed by atoms with Gasteiger partial charge in [-0.2, -0.15) is 0 Å². The number of amides is 1. The second kappa shape index (κ2) is 9.99. The fourth-order valence-electron chi connectivity index (χ4n) is 3.97. The van der Waals surface area contributed by atoms with Crippen LogP contribution in [0.2, 0.25) is 0 Å². The van der Waals surface area contributed by atoms with Crippen molar-refractivity contribution in [3.8, 4) is 34.3 Å². The Kier molecular flexibility index (Phi) is 6.44. The van der Waals surface area contributed by atoms with Crippen LogP contribution in [0, 0.1) is 5.82 Å². The zero-order chi connectivity index (χ0) is 25.1. The molecule has 0 radical (unpaired) electrons. The Morgan fingerprint density at radius 1 is 0.972 bits per heavy atom. The lowest BCUT2D eigenvalue weighted by atomic mass is 10.1. The summed E-state index contributed by atoms with van der Waals surface area (Å²) in [5.41, 5.74) is 2.27. The maximum atomic E-state index is 13.9. The molecule has 1 aliphatic rings. The van der Waals surface area contributed by atoms with Crippen LogP contribution in [0.5, 0.6) is 23.0 Å². The minimum Gasteiger partial charge on any atom is -0.497 e. The van der Waals surface area contributed by atoms with Gasteiger partial charge >= 0.3 is 0 Å². The Morgan fingerprint density at radius 2 is 1.83 bits per heavy atom. The molecule has 4 aromatic rings. The molecule has 9 heteroatoms. The summed E-state index contributed by atoms with van der Waals surface area (Å²) in [4.78, 5) is 15.0. The van der Waals surface area contributed by atoms with Gasteiger partial charge < -0.3 is 28.4 Å². The molecule has 8 nitrogen and oxygen atoms in total. The molecule has 36 heavy (non-hydrogen) atoms. The molecule has 0 fully saturated rings. The second-order valence-electron chi connectivity index (χ2n) is 8.11. The molecule has 0 spiro atoms. The quantitative estimate of drug-likeness (QED) is 0.341.